The Hall–Kier alpha value is -2.63. The summed E-state index contributed by atoms with van der Waals surface area (Å²) in [5, 5.41) is 3.71. The van der Waals surface area contributed by atoms with Gasteiger partial charge in [0.15, 0.2) is 0 Å². The van der Waals surface area contributed by atoms with Crippen LogP contribution < -0.4 is 10.5 Å². The zero-order chi connectivity index (χ0) is 20.5. The van der Waals surface area contributed by atoms with Gasteiger partial charge in [-0.1, -0.05) is 6.07 Å². The first-order valence-electron chi connectivity index (χ1n) is 8.06. The molecule has 0 aliphatic rings. The van der Waals surface area contributed by atoms with Crippen LogP contribution in [0.25, 0.3) is 10.4 Å². The lowest BCUT2D eigenvalue weighted by atomic mass is 10.1. The molecule has 28 heavy (non-hydrogen) atoms. The predicted octanol–water partition coefficient (Wildman–Crippen LogP) is 2.89. The number of sulfonamides is 1. The Morgan fingerprint density at radius 2 is 2.07 bits per heavy atom. The van der Waals surface area contributed by atoms with Crippen LogP contribution in [0.2, 0.25) is 0 Å². The average molecular weight is 440 g/mol. The summed E-state index contributed by atoms with van der Waals surface area (Å²) in [6.07, 6.45) is 1.28. The van der Waals surface area contributed by atoms with Crippen LogP contribution in [0.3, 0.4) is 0 Å². The SMILES string of the molecule is CCOC(=O)c1c(-c2cccs2)csc1NS(=O)(=O)c1cc(C(N)=O)n(C)c1. The number of esters is 1. The van der Waals surface area contributed by atoms with Crippen molar-refractivity contribution in [3.8, 4) is 10.4 Å². The van der Waals surface area contributed by atoms with Crippen LogP contribution >= 0.6 is 22.7 Å². The molecular formula is C17H17N3O5S3. The molecule has 3 aromatic heterocycles. The van der Waals surface area contributed by atoms with E-state index >= 15 is 0 Å². The van der Waals surface area contributed by atoms with Crippen LogP contribution in [-0.2, 0) is 21.8 Å². The molecule has 0 spiro atoms. The number of anilines is 1. The molecular weight excluding hydrogens is 422 g/mol. The molecule has 0 fully saturated rings. The number of amides is 1. The van der Waals surface area contributed by atoms with E-state index in [1.54, 1.807) is 12.3 Å². The van der Waals surface area contributed by atoms with Gasteiger partial charge in [-0.3, -0.25) is 9.52 Å². The molecule has 3 N–H and O–H groups in total. The van der Waals surface area contributed by atoms with Gasteiger partial charge in [0.1, 0.15) is 21.2 Å². The van der Waals surface area contributed by atoms with Gasteiger partial charge < -0.3 is 15.0 Å². The van der Waals surface area contributed by atoms with E-state index in [-0.39, 0.29) is 27.8 Å². The molecule has 1 amide bonds. The van der Waals surface area contributed by atoms with Gasteiger partial charge in [0.2, 0.25) is 0 Å². The molecule has 0 saturated carbocycles. The number of carbonyl (C=O) groups excluding carboxylic acids is 2. The Kier molecular flexibility index (Phi) is 5.59. The first kappa shape index (κ1) is 20.1. The fourth-order valence-corrected chi connectivity index (χ4v) is 5.72. The van der Waals surface area contributed by atoms with E-state index < -0.39 is 21.9 Å². The number of thiophene rings is 2. The Bertz CT molecular complexity index is 1130. The lowest BCUT2D eigenvalue weighted by Crippen LogP contribution is -2.15. The van der Waals surface area contributed by atoms with Gasteiger partial charge in [0.05, 0.1) is 6.61 Å². The summed E-state index contributed by atoms with van der Waals surface area (Å²) in [5.74, 6) is -1.36. The maximum atomic E-state index is 12.8. The number of hydrogen-bond donors (Lipinski definition) is 2. The number of ether oxygens (including phenoxy) is 1. The molecule has 0 unspecified atom stereocenters. The summed E-state index contributed by atoms with van der Waals surface area (Å²) in [7, 11) is -2.53. The molecule has 0 aliphatic carbocycles. The third-order valence-electron chi connectivity index (χ3n) is 3.83. The summed E-state index contributed by atoms with van der Waals surface area (Å²) >= 11 is 2.51. The van der Waals surface area contributed by atoms with Crippen molar-refractivity contribution in [3.63, 3.8) is 0 Å². The molecule has 148 valence electrons. The van der Waals surface area contributed by atoms with Gasteiger partial charge in [0, 0.05) is 29.1 Å². The molecule has 3 aromatic rings. The molecule has 11 heteroatoms. The number of aryl methyl sites for hydroxylation is 1. The zero-order valence-corrected chi connectivity index (χ0v) is 17.4. The maximum absolute atomic E-state index is 12.8. The highest BCUT2D eigenvalue weighted by molar-refractivity contribution is 7.93. The number of nitrogens with one attached hydrogen (secondary N) is 1. The Morgan fingerprint density at radius 1 is 1.32 bits per heavy atom. The average Bonchev–Trinajstić information content (AvgIpc) is 3.33. The van der Waals surface area contributed by atoms with Crippen LogP contribution in [0.4, 0.5) is 5.00 Å². The van der Waals surface area contributed by atoms with Crippen molar-refractivity contribution in [1.82, 2.24) is 4.57 Å². The zero-order valence-electron chi connectivity index (χ0n) is 15.0. The standard InChI is InChI=1S/C17H17N3O5S3/c1-3-25-17(22)14-11(13-5-4-6-26-13)9-27-16(14)19-28(23,24)10-7-12(15(18)21)20(2)8-10/h4-9,19H,3H2,1-2H3,(H2,18,21). The van der Waals surface area contributed by atoms with Crippen molar-refractivity contribution in [2.75, 3.05) is 11.3 Å². The number of hydrogen-bond acceptors (Lipinski definition) is 7. The van der Waals surface area contributed by atoms with E-state index in [1.165, 1.54) is 35.2 Å². The van der Waals surface area contributed by atoms with Gasteiger partial charge in [-0.2, -0.15) is 0 Å². The fourth-order valence-electron chi connectivity index (χ4n) is 2.56. The molecule has 0 saturated heterocycles. The molecule has 0 bridgehead atoms. The highest BCUT2D eigenvalue weighted by Crippen LogP contribution is 2.39. The van der Waals surface area contributed by atoms with E-state index in [2.05, 4.69) is 4.72 Å². The smallest absolute Gasteiger partial charge is 0.341 e. The normalized spacial score (nSPS) is 11.4. The minimum Gasteiger partial charge on any atom is -0.462 e. The maximum Gasteiger partial charge on any atom is 0.341 e. The van der Waals surface area contributed by atoms with Crippen LogP contribution in [0.5, 0.6) is 0 Å². The van der Waals surface area contributed by atoms with Crippen molar-refractivity contribution in [2.45, 2.75) is 11.8 Å². The third-order valence-corrected chi connectivity index (χ3v) is 7.07. The molecule has 0 aliphatic heterocycles. The molecule has 8 nitrogen and oxygen atoms in total. The van der Waals surface area contributed by atoms with Gasteiger partial charge in [-0.25, -0.2) is 13.2 Å². The summed E-state index contributed by atoms with van der Waals surface area (Å²) in [6.45, 7) is 1.83. The van der Waals surface area contributed by atoms with Crippen molar-refractivity contribution in [1.29, 1.82) is 0 Å². The minimum atomic E-state index is -4.05. The fraction of sp³-hybridized carbons (Fsp3) is 0.176. The summed E-state index contributed by atoms with van der Waals surface area (Å²) in [5.41, 5.74) is 6.05. The Morgan fingerprint density at radius 3 is 2.64 bits per heavy atom. The monoisotopic (exact) mass is 439 g/mol. The summed E-state index contributed by atoms with van der Waals surface area (Å²) in [4.78, 5) is 24.6. The minimum absolute atomic E-state index is 0.0523. The second-order valence-corrected chi connectivity index (χ2v) is 9.20. The van der Waals surface area contributed by atoms with E-state index in [1.807, 2.05) is 17.5 Å². The molecule has 0 radical (unpaired) electrons. The first-order valence-corrected chi connectivity index (χ1v) is 11.3. The second kappa shape index (κ2) is 7.78. The highest BCUT2D eigenvalue weighted by atomic mass is 32.2. The summed E-state index contributed by atoms with van der Waals surface area (Å²) in [6, 6.07) is 4.86. The highest BCUT2D eigenvalue weighted by Gasteiger charge is 2.27. The largest absolute Gasteiger partial charge is 0.462 e. The van der Waals surface area contributed by atoms with Gasteiger partial charge in [0.25, 0.3) is 15.9 Å². The lowest BCUT2D eigenvalue weighted by Gasteiger charge is -2.08. The predicted molar refractivity (Wildman–Crippen MR) is 108 cm³/mol. The van der Waals surface area contributed by atoms with Crippen molar-refractivity contribution >= 4 is 49.6 Å². The van der Waals surface area contributed by atoms with E-state index in [0.29, 0.717) is 5.56 Å². The topological polar surface area (TPSA) is 120 Å². The third kappa shape index (κ3) is 3.81. The van der Waals surface area contributed by atoms with Gasteiger partial charge in [-0.05, 0) is 24.4 Å². The number of carbonyl (C=O) groups is 2. The molecule has 3 rings (SSSR count). The van der Waals surface area contributed by atoms with Crippen LogP contribution in [0.15, 0.2) is 40.1 Å². The van der Waals surface area contributed by atoms with Crippen LogP contribution in [0.1, 0.15) is 27.8 Å². The van der Waals surface area contributed by atoms with Crippen LogP contribution in [-0.4, -0.2) is 31.5 Å². The quantitative estimate of drug-likeness (QED) is 0.549. The van der Waals surface area contributed by atoms with Crippen molar-refractivity contribution in [2.24, 2.45) is 12.8 Å². The number of primary amides is 1. The number of aromatic nitrogens is 1. The van der Waals surface area contributed by atoms with Crippen molar-refractivity contribution in [3.05, 3.63) is 46.4 Å². The van der Waals surface area contributed by atoms with E-state index in [9.17, 15) is 18.0 Å². The second-order valence-electron chi connectivity index (χ2n) is 5.69. The first-order chi connectivity index (χ1) is 13.2. The van der Waals surface area contributed by atoms with E-state index in [0.717, 1.165) is 16.2 Å². The number of rotatable bonds is 7. The van der Waals surface area contributed by atoms with Crippen LogP contribution in [0, 0.1) is 0 Å². The number of nitrogens with zero attached hydrogens (tertiary/aromatic N) is 1. The molecule has 0 aromatic carbocycles. The molecule has 3 heterocycles. The van der Waals surface area contributed by atoms with Gasteiger partial charge >= 0.3 is 5.97 Å². The summed E-state index contributed by atoms with van der Waals surface area (Å²) < 4.78 is 34.5. The Labute approximate surface area is 169 Å². The Balaban J connectivity index is 2.03. The molecule has 0 atom stereocenters. The lowest BCUT2D eigenvalue weighted by molar-refractivity contribution is 0.0529. The van der Waals surface area contributed by atoms with Gasteiger partial charge in [-0.15, -0.1) is 22.7 Å². The number of nitrogens with two attached hydrogens (primary N) is 1. The van der Waals surface area contributed by atoms with Crippen molar-refractivity contribution < 1.29 is 22.7 Å². The van der Waals surface area contributed by atoms with E-state index in [4.69, 9.17) is 10.5 Å².